The number of para-hydroxylation sites is 1. The van der Waals surface area contributed by atoms with Crippen molar-refractivity contribution in [1.29, 1.82) is 0 Å². The second kappa shape index (κ2) is 7.43. The Morgan fingerprint density at radius 1 is 1.00 bits per heavy atom. The van der Waals surface area contributed by atoms with Crippen LogP contribution < -0.4 is 9.47 Å². The summed E-state index contributed by atoms with van der Waals surface area (Å²) in [4.78, 5) is 12.8. The molecule has 27 heavy (non-hydrogen) atoms. The van der Waals surface area contributed by atoms with Gasteiger partial charge in [-0.15, -0.1) is 0 Å². The number of esters is 1. The van der Waals surface area contributed by atoms with Crippen LogP contribution in [-0.2, 0) is 10.8 Å². The van der Waals surface area contributed by atoms with Crippen LogP contribution in [0.15, 0.2) is 30.3 Å². The Labute approximate surface area is 166 Å². The molecule has 0 aliphatic heterocycles. The summed E-state index contributed by atoms with van der Waals surface area (Å²) in [6.07, 6.45) is 0. The van der Waals surface area contributed by atoms with E-state index in [2.05, 4.69) is 0 Å². The molecule has 4 nitrogen and oxygen atoms in total. The first kappa shape index (κ1) is 21.1. The van der Waals surface area contributed by atoms with Crippen LogP contribution in [0.1, 0.15) is 63.0 Å². The highest BCUT2D eigenvalue weighted by Gasteiger charge is 2.30. The molecule has 0 atom stereocenters. The first-order valence-corrected chi connectivity index (χ1v) is 9.16. The first-order chi connectivity index (χ1) is 12.4. The van der Waals surface area contributed by atoms with E-state index in [-0.39, 0.29) is 27.2 Å². The van der Waals surface area contributed by atoms with Crippen molar-refractivity contribution in [1.82, 2.24) is 0 Å². The van der Waals surface area contributed by atoms with Crippen LogP contribution in [0.3, 0.4) is 0 Å². The smallest absolute Gasteiger partial charge is 0.347 e. The summed E-state index contributed by atoms with van der Waals surface area (Å²) in [6.45, 7) is 12.3. The van der Waals surface area contributed by atoms with Crippen molar-refractivity contribution < 1.29 is 19.4 Å². The van der Waals surface area contributed by atoms with Gasteiger partial charge in [0, 0.05) is 11.1 Å². The molecule has 0 heterocycles. The molecule has 2 rings (SSSR count). The second-order valence-corrected chi connectivity index (χ2v) is 8.98. The Bertz CT molecular complexity index is 823. The highest BCUT2D eigenvalue weighted by Crippen LogP contribution is 2.43. The fourth-order valence-electron chi connectivity index (χ4n) is 2.77. The van der Waals surface area contributed by atoms with E-state index in [1.165, 1.54) is 12.1 Å². The molecule has 0 amide bonds. The normalized spacial score (nSPS) is 12.0. The van der Waals surface area contributed by atoms with Crippen LogP contribution in [0.5, 0.6) is 17.2 Å². The maximum absolute atomic E-state index is 12.8. The third kappa shape index (κ3) is 4.56. The minimum atomic E-state index is -0.656. The van der Waals surface area contributed by atoms with Gasteiger partial charge >= 0.3 is 5.97 Å². The summed E-state index contributed by atoms with van der Waals surface area (Å²) < 4.78 is 11.3. The molecule has 0 unspecified atom stereocenters. The number of hydrogen-bond donors (Lipinski definition) is 1. The molecule has 1 N–H and O–H groups in total. The van der Waals surface area contributed by atoms with Gasteiger partial charge in [-0.25, -0.2) is 4.79 Å². The van der Waals surface area contributed by atoms with E-state index in [0.717, 1.165) is 11.1 Å². The van der Waals surface area contributed by atoms with Crippen molar-refractivity contribution in [3.63, 3.8) is 0 Å². The highest BCUT2D eigenvalue weighted by molar-refractivity contribution is 6.32. The molecule has 0 radical (unpaired) electrons. The number of phenols is 1. The molecule has 0 saturated carbocycles. The SMILES string of the molecule is COc1cc(C(C)(C)C)c(OC(=O)c2cccc(Cl)c2O)c(C(C)(C)C)c1. The molecule has 2 aromatic carbocycles. The lowest BCUT2D eigenvalue weighted by Gasteiger charge is -2.29. The van der Waals surface area contributed by atoms with E-state index in [4.69, 9.17) is 21.1 Å². The van der Waals surface area contributed by atoms with E-state index in [1.54, 1.807) is 13.2 Å². The van der Waals surface area contributed by atoms with Gasteiger partial charge in [-0.05, 0) is 35.1 Å². The number of phenolic OH excluding ortho intramolecular Hbond substituents is 1. The zero-order valence-corrected chi connectivity index (χ0v) is 17.7. The van der Waals surface area contributed by atoms with Crippen LogP contribution in [0.2, 0.25) is 5.02 Å². The lowest BCUT2D eigenvalue weighted by atomic mass is 9.79. The lowest BCUT2D eigenvalue weighted by molar-refractivity contribution is 0.0725. The van der Waals surface area contributed by atoms with E-state index < -0.39 is 5.97 Å². The fraction of sp³-hybridized carbons (Fsp3) is 0.409. The molecule has 0 aliphatic carbocycles. The van der Waals surface area contributed by atoms with Gasteiger partial charge in [0.05, 0.1) is 12.1 Å². The maximum Gasteiger partial charge on any atom is 0.347 e. The lowest BCUT2D eigenvalue weighted by Crippen LogP contribution is -2.22. The van der Waals surface area contributed by atoms with Crippen molar-refractivity contribution in [3.8, 4) is 17.2 Å². The zero-order chi connectivity index (χ0) is 20.6. The number of halogens is 1. The van der Waals surface area contributed by atoms with E-state index in [0.29, 0.717) is 11.5 Å². The van der Waals surface area contributed by atoms with Crippen molar-refractivity contribution in [2.24, 2.45) is 0 Å². The van der Waals surface area contributed by atoms with Gasteiger partial charge in [0.1, 0.15) is 22.8 Å². The first-order valence-electron chi connectivity index (χ1n) is 8.79. The van der Waals surface area contributed by atoms with E-state index in [1.807, 2.05) is 53.7 Å². The third-order valence-electron chi connectivity index (χ3n) is 4.32. The Morgan fingerprint density at radius 2 is 1.52 bits per heavy atom. The largest absolute Gasteiger partial charge is 0.505 e. The number of rotatable bonds is 3. The Balaban J connectivity index is 2.66. The van der Waals surface area contributed by atoms with E-state index >= 15 is 0 Å². The minimum Gasteiger partial charge on any atom is -0.505 e. The predicted octanol–water partition coefficient (Wildman–Crippen LogP) is 5.87. The number of ether oxygens (including phenoxy) is 2. The number of carbonyl (C=O) groups excluding carboxylic acids is 1. The number of aromatic hydroxyl groups is 1. The van der Waals surface area contributed by atoms with Crippen LogP contribution in [0.4, 0.5) is 0 Å². The highest BCUT2D eigenvalue weighted by atomic mass is 35.5. The quantitative estimate of drug-likeness (QED) is 0.526. The summed E-state index contributed by atoms with van der Waals surface area (Å²) in [7, 11) is 1.61. The number of hydrogen-bond acceptors (Lipinski definition) is 4. The molecular weight excluding hydrogens is 364 g/mol. The van der Waals surface area contributed by atoms with E-state index in [9.17, 15) is 9.90 Å². The summed E-state index contributed by atoms with van der Waals surface area (Å²) >= 11 is 5.93. The van der Waals surface area contributed by atoms with Gasteiger partial charge in [0.25, 0.3) is 0 Å². The summed E-state index contributed by atoms with van der Waals surface area (Å²) in [5.41, 5.74) is 1.14. The zero-order valence-electron chi connectivity index (χ0n) is 16.9. The van der Waals surface area contributed by atoms with Crippen molar-refractivity contribution in [2.75, 3.05) is 7.11 Å². The maximum atomic E-state index is 12.8. The van der Waals surface area contributed by atoms with Crippen molar-refractivity contribution in [2.45, 2.75) is 52.4 Å². The van der Waals surface area contributed by atoms with Gasteiger partial charge in [-0.3, -0.25) is 0 Å². The molecule has 0 bridgehead atoms. The Kier molecular flexibility index (Phi) is 5.81. The predicted molar refractivity (Wildman–Crippen MR) is 108 cm³/mol. The molecule has 0 aromatic heterocycles. The van der Waals surface area contributed by atoms with Gasteiger partial charge in [0.2, 0.25) is 0 Å². The number of benzene rings is 2. The second-order valence-electron chi connectivity index (χ2n) is 8.58. The van der Waals surface area contributed by atoms with Crippen LogP contribution in [0.25, 0.3) is 0 Å². The van der Waals surface area contributed by atoms with Crippen LogP contribution in [0, 0.1) is 0 Å². The van der Waals surface area contributed by atoms with Gasteiger partial charge in [-0.1, -0.05) is 59.2 Å². The van der Waals surface area contributed by atoms with Crippen molar-refractivity contribution in [3.05, 3.63) is 52.0 Å². The summed E-state index contributed by atoms with van der Waals surface area (Å²) in [5, 5.41) is 10.2. The molecule has 146 valence electrons. The molecule has 0 saturated heterocycles. The number of carbonyl (C=O) groups is 1. The monoisotopic (exact) mass is 390 g/mol. The van der Waals surface area contributed by atoms with Crippen LogP contribution >= 0.6 is 11.6 Å². The van der Waals surface area contributed by atoms with Gasteiger partial charge in [0.15, 0.2) is 0 Å². The molecule has 0 fully saturated rings. The number of methoxy groups -OCH3 is 1. The Hall–Kier alpha value is -2.20. The third-order valence-corrected chi connectivity index (χ3v) is 4.62. The molecule has 0 spiro atoms. The Morgan fingerprint density at radius 3 is 1.96 bits per heavy atom. The fourth-order valence-corrected chi connectivity index (χ4v) is 2.95. The summed E-state index contributed by atoms with van der Waals surface area (Å²) in [5.74, 6) is 0.249. The van der Waals surface area contributed by atoms with Gasteiger partial charge in [-0.2, -0.15) is 0 Å². The average Bonchev–Trinajstić information content (AvgIpc) is 2.55. The average molecular weight is 391 g/mol. The molecular formula is C22H27ClO4. The molecule has 5 heteroatoms. The standard InChI is InChI=1S/C22H27ClO4/c1-21(2,3)15-11-13(26-7)12-16(22(4,5)6)19(15)27-20(25)14-9-8-10-17(23)18(14)24/h8-12,24H,1-7H3. The summed E-state index contributed by atoms with van der Waals surface area (Å²) in [6, 6.07) is 8.37. The van der Waals surface area contributed by atoms with Crippen molar-refractivity contribution >= 4 is 17.6 Å². The molecule has 0 aliphatic rings. The van der Waals surface area contributed by atoms with Gasteiger partial charge < -0.3 is 14.6 Å². The molecule has 2 aromatic rings. The minimum absolute atomic E-state index is 0.0260. The topological polar surface area (TPSA) is 55.8 Å². The van der Waals surface area contributed by atoms with Crippen LogP contribution in [-0.4, -0.2) is 18.2 Å².